The van der Waals surface area contributed by atoms with Gasteiger partial charge in [-0.1, -0.05) is 50.3 Å². The summed E-state index contributed by atoms with van der Waals surface area (Å²) in [5, 5.41) is 13.9. The lowest BCUT2D eigenvalue weighted by molar-refractivity contribution is -0.180. The zero-order chi connectivity index (χ0) is 30.5. The molecule has 43 heavy (non-hydrogen) atoms. The SMILES string of the molecule is CC1(C)OCc2cc([C@@H](O)CNCCCCCCOCCCCc3cccc(S(=O)(=O)NC4CCCCC4)c3)ccc2O1. The monoisotopic (exact) mass is 616 g/mol. The van der Waals surface area contributed by atoms with Gasteiger partial charge in [0.25, 0.3) is 0 Å². The number of benzene rings is 2. The molecule has 4 rings (SSSR count). The van der Waals surface area contributed by atoms with Gasteiger partial charge in [-0.2, -0.15) is 0 Å². The van der Waals surface area contributed by atoms with Crippen LogP contribution in [0.15, 0.2) is 47.4 Å². The van der Waals surface area contributed by atoms with E-state index in [1.165, 1.54) is 6.42 Å². The maximum atomic E-state index is 12.8. The van der Waals surface area contributed by atoms with Gasteiger partial charge in [0, 0.05) is 45.2 Å². The summed E-state index contributed by atoms with van der Waals surface area (Å²) in [5.74, 6) is 0.207. The topological polar surface area (TPSA) is 106 Å². The van der Waals surface area contributed by atoms with Crippen molar-refractivity contribution >= 4 is 10.0 Å². The molecular weight excluding hydrogens is 564 g/mol. The highest BCUT2D eigenvalue weighted by Gasteiger charge is 2.27. The number of aliphatic hydroxyl groups is 1. The minimum Gasteiger partial charge on any atom is -0.463 e. The van der Waals surface area contributed by atoms with Crippen molar-refractivity contribution in [2.45, 2.75) is 120 Å². The van der Waals surface area contributed by atoms with Crippen molar-refractivity contribution < 1.29 is 27.7 Å². The molecule has 0 spiro atoms. The van der Waals surface area contributed by atoms with Crippen LogP contribution < -0.4 is 14.8 Å². The molecule has 8 nitrogen and oxygen atoms in total. The molecule has 0 unspecified atom stereocenters. The first-order valence-corrected chi connectivity index (χ1v) is 17.7. The second-order valence-corrected chi connectivity index (χ2v) is 14.2. The number of aliphatic hydroxyl groups excluding tert-OH is 1. The number of sulfonamides is 1. The summed E-state index contributed by atoms with van der Waals surface area (Å²) in [7, 11) is -3.46. The average Bonchev–Trinajstić information content (AvgIpc) is 2.99. The third-order valence-corrected chi connectivity index (χ3v) is 9.79. The van der Waals surface area contributed by atoms with Gasteiger partial charge in [0.15, 0.2) is 0 Å². The van der Waals surface area contributed by atoms with Crippen LogP contribution >= 0.6 is 0 Å². The standard InChI is InChI=1S/C34H52N2O6S/c1-34(2)41-26-29-24-28(18-19-33(29)42-34)32(37)25-35-20-9-3-4-10-21-40-22-11-8-13-27-14-12-17-31(23-27)43(38,39)36-30-15-6-5-7-16-30/h12,14,17-19,23-24,30,32,35-37H,3-11,13,15-16,20-22,25-26H2,1-2H3/t32-/m0/s1. The Morgan fingerprint density at radius 2 is 1.74 bits per heavy atom. The minimum atomic E-state index is -3.46. The number of nitrogens with one attached hydrogen (secondary N) is 2. The molecule has 240 valence electrons. The lowest BCUT2D eigenvalue weighted by atomic mass is 9.96. The highest BCUT2D eigenvalue weighted by molar-refractivity contribution is 7.89. The molecule has 0 amide bonds. The highest BCUT2D eigenvalue weighted by atomic mass is 32.2. The van der Waals surface area contributed by atoms with Gasteiger partial charge in [-0.3, -0.25) is 0 Å². The fraction of sp³-hybridized carbons (Fsp3) is 0.647. The largest absolute Gasteiger partial charge is 0.463 e. The molecule has 1 atom stereocenters. The molecule has 1 fully saturated rings. The molecule has 1 saturated carbocycles. The van der Waals surface area contributed by atoms with Gasteiger partial charge in [0.1, 0.15) is 5.75 Å². The maximum absolute atomic E-state index is 12.8. The Morgan fingerprint density at radius 3 is 2.56 bits per heavy atom. The number of fused-ring (bicyclic) bond motifs is 1. The Bertz CT molecular complexity index is 1230. The van der Waals surface area contributed by atoms with E-state index in [9.17, 15) is 13.5 Å². The molecule has 3 N–H and O–H groups in total. The fourth-order valence-electron chi connectivity index (χ4n) is 5.74. The first-order valence-electron chi connectivity index (χ1n) is 16.3. The summed E-state index contributed by atoms with van der Waals surface area (Å²) in [6, 6.07) is 13.3. The molecule has 1 heterocycles. The van der Waals surface area contributed by atoms with E-state index in [1.807, 2.05) is 50.2 Å². The van der Waals surface area contributed by atoms with Crippen LogP contribution in [0.25, 0.3) is 0 Å². The van der Waals surface area contributed by atoms with Gasteiger partial charge in [0.2, 0.25) is 15.8 Å². The Balaban J connectivity index is 0.987. The van der Waals surface area contributed by atoms with E-state index >= 15 is 0 Å². The first-order chi connectivity index (χ1) is 20.7. The number of hydrogen-bond acceptors (Lipinski definition) is 7. The fourth-order valence-corrected chi connectivity index (χ4v) is 7.12. The predicted octanol–water partition coefficient (Wildman–Crippen LogP) is 6.17. The van der Waals surface area contributed by atoms with Crippen LogP contribution in [0.3, 0.4) is 0 Å². The van der Waals surface area contributed by atoms with E-state index in [-0.39, 0.29) is 6.04 Å². The first kappa shape index (κ1) is 33.9. The van der Waals surface area contributed by atoms with Crippen LogP contribution in [0.1, 0.15) is 107 Å². The van der Waals surface area contributed by atoms with E-state index in [0.29, 0.717) is 18.0 Å². The molecule has 2 aromatic rings. The van der Waals surface area contributed by atoms with Gasteiger partial charge in [-0.25, -0.2) is 13.1 Å². The van der Waals surface area contributed by atoms with Gasteiger partial charge < -0.3 is 24.6 Å². The molecular formula is C34H52N2O6S. The van der Waals surface area contributed by atoms with Gasteiger partial charge >= 0.3 is 0 Å². The summed E-state index contributed by atoms with van der Waals surface area (Å²) < 4.78 is 45.9. The maximum Gasteiger partial charge on any atom is 0.240 e. The highest BCUT2D eigenvalue weighted by Crippen LogP contribution is 2.32. The smallest absolute Gasteiger partial charge is 0.240 e. The van der Waals surface area contributed by atoms with Crippen molar-refractivity contribution in [1.82, 2.24) is 10.0 Å². The molecule has 1 aliphatic carbocycles. The van der Waals surface area contributed by atoms with E-state index in [0.717, 1.165) is 113 Å². The van der Waals surface area contributed by atoms with Crippen LogP contribution in [0, 0.1) is 0 Å². The number of aryl methyl sites for hydroxylation is 1. The Morgan fingerprint density at radius 1 is 0.977 bits per heavy atom. The number of hydrogen-bond donors (Lipinski definition) is 3. The molecule has 0 aromatic heterocycles. The summed E-state index contributed by atoms with van der Waals surface area (Å²) in [4.78, 5) is 0.378. The normalized spacial score (nSPS) is 17.7. The zero-order valence-electron chi connectivity index (χ0n) is 26.1. The zero-order valence-corrected chi connectivity index (χ0v) is 26.9. The van der Waals surface area contributed by atoms with E-state index < -0.39 is 21.9 Å². The van der Waals surface area contributed by atoms with Gasteiger partial charge in [0.05, 0.1) is 17.6 Å². The van der Waals surface area contributed by atoms with E-state index in [4.69, 9.17) is 14.2 Å². The van der Waals surface area contributed by atoms with Crippen molar-refractivity contribution in [3.05, 3.63) is 59.2 Å². The van der Waals surface area contributed by atoms with Crippen molar-refractivity contribution in [3.8, 4) is 5.75 Å². The number of ether oxygens (including phenoxy) is 3. The van der Waals surface area contributed by atoms with E-state index in [2.05, 4.69) is 10.0 Å². The summed E-state index contributed by atoms with van der Waals surface area (Å²) >= 11 is 0. The summed E-state index contributed by atoms with van der Waals surface area (Å²) in [5.41, 5.74) is 2.90. The Hall–Kier alpha value is -2.01. The molecule has 0 saturated heterocycles. The van der Waals surface area contributed by atoms with Crippen LogP contribution in [0.5, 0.6) is 5.75 Å². The van der Waals surface area contributed by atoms with Crippen LogP contribution in [0.2, 0.25) is 0 Å². The lowest BCUT2D eigenvalue weighted by Gasteiger charge is -2.33. The van der Waals surface area contributed by atoms with Crippen molar-refractivity contribution in [2.24, 2.45) is 0 Å². The van der Waals surface area contributed by atoms with Crippen molar-refractivity contribution in [3.63, 3.8) is 0 Å². The molecule has 9 heteroatoms. The van der Waals surface area contributed by atoms with Crippen molar-refractivity contribution in [1.29, 1.82) is 0 Å². The third-order valence-electron chi connectivity index (χ3n) is 8.27. The van der Waals surface area contributed by atoms with E-state index in [1.54, 1.807) is 6.07 Å². The second kappa shape index (κ2) is 16.9. The van der Waals surface area contributed by atoms with Gasteiger partial charge in [-0.05, 0) is 86.9 Å². The molecule has 2 aromatic carbocycles. The van der Waals surface area contributed by atoms with Gasteiger partial charge in [-0.15, -0.1) is 0 Å². The number of rotatable bonds is 18. The molecule has 2 aliphatic rings. The molecule has 0 radical (unpaired) electrons. The number of unbranched alkanes of at least 4 members (excludes halogenated alkanes) is 4. The average molecular weight is 617 g/mol. The van der Waals surface area contributed by atoms with Crippen molar-refractivity contribution in [2.75, 3.05) is 26.3 Å². The molecule has 1 aliphatic heterocycles. The third kappa shape index (κ3) is 11.5. The summed E-state index contributed by atoms with van der Waals surface area (Å²) in [6.45, 7) is 7.19. The second-order valence-electron chi connectivity index (χ2n) is 12.5. The molecule has 0 bridgehead atoms. The van der Waals surface area contributed by atoms with Crippen LogP contribution in [-0.4, -0.2) is 51.7 Å². The lowest BCUT2D eigenvalue weighted by Crippen LogP contribution is -2.36. The minimum absolute atomic E-state index is 0.0711. The summed E-state index contributed by atoms with van der Waals surface area (Å²) in [6.07, 6.45) is 11.9. The predicted molar refractivity (Wildman–Crippen MR) is 170 cm³/mol. The quantitative estimate of drug-likeness (QED) is 0.172. The van der Waals surface area contributed by atoms with Crippen LogP contribution in [0.4, 0.5) is 0 Å². The Kier molecular flexibility index (Phi) is 13.3. The Labute approximate surface area is 259 Å². The van der Waals surface area contributed by atoms with Crippen LogP contribution in [-0.2, 0) is 32.5 Å².